The van der Waals surface area contributed by atoms with Crippen molar-refractivity contribution in [2.24, 2.45) is 22.7 Å². The number of aromatic nitrogens is 2. The molecule has 0 spiro atoms. The Kier molecular flexibility index (Phi) is 7.89. The molecule has 2 heterocycles. The molecule has 0 aliphatic heterocycles. The van der Waals surface area contributed by atoms with Gasteiger partial charge in [-0.1, -0.05) is 39.2 Å². The summed E-state index contributed by atoms with van der Waals surface area (Å²) in [6.45, 7) is 4.45. The normalized spacial score (nSPS) is 31.2. The first-order valence-electron chi connectivity index (χ1n) is 14.0. The number of nitrogens with one attached hydrogen (secondary N) is 2. The molecule has 0 aromatic carbocycles. The van der Waals surface area contributed by atoms with Gasteiger partial charge in [0.1, 0.15) is 0 Å². The van der Waals surface area contributed by atoms with E-state index in [0.717, 1.165) is 48.2 Å². The number of pyridine rings is 1. The van der Waals surface area contributed by atoms with E-state index in [0.29, 0.717) is 24.5 Å². The van der Waals surface area contributed by atoms with Gasteiger partial charge in [0.05, 0.1) is 18.4 Å². The minimum absolute atomic E-state index is 0.0188. The van der Waals surface area contributed by atoms with Crippen LogP contribution in [0.1, 0.15) is 87.3 Å². The monoisotopic (exact) mass is 540 g/mol. The van der Waals surface area contributed by atoms with Crippen LogP contribution < -0.4 is 10.6 Å². The lowest BCUT2D eigenvalue weighted by Crippen LogP contribution is -2.57. The maximum Gasteiger partial charge on any atom is 0.229 e. The van der Waals surface area contributed by atoms with Crippen LogP contribution in [0.15, 0.2) is 24.5 Å². The number of carbonyl (C=O) groups is 2. The number of fused-ring (bicyclic) bond motifs is 2. The lowest BCUT2D eigenvalue weighted by molar-refractivity contribution is -0.144. The highest BCUT2D eigenvalue weighted by molar-refractivity contribution is 7.15. The summed E-state index contributed by atoms with van der Waals surface area (Å²) in [7, 11) is 0. The van der Waals surface area contributed by atoms with Crippen LogP contribution in [-0.2, 0) is 22.6 Å². The zero-order valence-electron chi connectivity index (χ0n) is 22.4. The molecule has 5 rings (SSSR count). The van der Waals surface area contributed by atoms with Gasteiger partial charge in [0.15, 0.2) is 5.13 Å². The number of nitrogens with zero attached hydrogens (tertiary/aromatic N) is 2. The van der Waals surface area contributed by atoms with E-state index < -0.39 is 11.5 Å². The second kappa shape index (κ2) is 11.0. The minimum Gasteiger partial charge on any atom is -0.396 e. The molecule has 2 aromatic rings. The van der Waals surface area contributed by atoms with Gasteiger partial charge in [0, 0.05) is 47.5 Å². The Hall–Kier alpha value is -2.36. The van der Waals surface area contributed by atoms with Crippen molar-refractivity contribution < 1.29 is 19.8 Å². The number of carbonyl (C=O) groups excluding carboxylic acids is 2. The number of thiazole rings is 1. The third-order valence-corrected chi connectivity index (χ3v) is 10.7. The van der Waals surface area contributed by atoms with Crippen LogP contribution in [-0.4, -0.2) is 44.7 Å². The molecule has 3 aliphatic rings. The fraction of sp³-hybridized carbons (Fsp3) is 0.655. The van der Waals surface area contributed by atoms with Crippen molar-refractivity contribution in [3.63, 3.8) is 0 Å². The summed E-state index contributed by atoms with van der Waals surface area (Å²) >= 11 is 1.49. The second-order valence-electron chi connectivity index (χ2n) is 12.0. The SMILES string of the molecule is CC1(CO)C(O)CCC2(C)C(CC(=O)NCc3cccnc3)c3nc(NC(=O)C4CCCCC4)sc3CC12. The fourth-order valence-electron chi connectivity index (χ4n) is 7.23. The lowest BCUT2D eigenvalue weighted by Gasteiger charge is -2.58. The Morgan fingerprint density at radius 3 is 2.68 bits per heavy atom. The van der Waals surface area contributed by atoms with Crippen molar-refractivity contribution in [3.8, 4) is 0 Å². The van der Waals surface area contributed by atoms with E-state index in [1.807, 2.05) is 19.1 Å². The maximum atomic E-state index is 13.3. The average molecular weight is 541 g/mol. The number of hydrogen-bond acceptors (Lipinski definition) is 7. The maximum absolute atomic E-state index is 13.3. The van der Waals surface area contributed by atoms with Gasteiger partial charge in [-0.15, -0.1) is 11.3 Å². The van der Waals surface area contributed by atoms with Gasteiger partial charge in [0.25, 0.3) is 0 Å². The molecule has 8 nitrogen and oxygen atoms in total. The Labute approximate surface area is 228 Å². The van der Waals surface area contributed by atoms with Gasteiger partial charge in [-0.05, 0) is 55.1 Å². The zero-order chi connectivity index (χ0) is 26.9. The summed E-state index contributed by atoms with van der Waals surface area (Å²) in [5.41, 5.74) is 0.823. The number of aliphatic hydroxyl groups excluding tert-OH is 2. The molecule has 9 heteroatoms. The van der Waals surface area contributed by atoms with E-state index in [4.69, 9.17) is 4.98 Å². The highest BCUT2D eigenvalue weighted by atomic mass is 32.1. The third kappa shape index (κ3) is 5.12. The van der Waals surface area contributed by atoms with E-state index in [2.05, 4.69) is 22.5 Å². The Balaban J connectivity index is 1.42. The first-order valence-corrected chi connectivity index (χ1v) is 14.8. The predicted octanol–water partition coefficient (Wildman–Crippen LogP) is 4.18. The quantitative estimate of drug-likeness (QED) is 0.418. The molecular weight excluding hydrogens is 500 g/mol. The molecule has 4 N–H and O–H groups in total. The standard InChI is InChI=1S/C29H40N4O4S/c1-28-11-10-23(35)29(2,17-34)22(28)14-21-25(20(28)13-24(36)31-16-18-7-6-12-30-15-18)32-27(38-21)33-26(37)19-8-4-3-5-9-19/h6-7,12,15,19-20,22-23,34-35H,3-5,8-11,13-14,16-17H2,1-2H3,(H,31,36)(H,32,33,37). The van der Waals surface area contributed by atoms with E-state index in [1.165, 1.54) is 17.8 Å². The van der Waals surface area contributed by atoms with Crippen molar-refractivity contribution in [1.82, 2.24) is 15.3 Å². The van der Waals surface area contributed by atoms with Gasteiger partial charge in [-0.3, -0.25) is 14.6 Å². The summed E-state index contributed by atoms with van der Waals surface area (Å²) in [6.07, 6.45) is 10.3. The van der Waals surface area contributed by atoms with Crippen LogP contribution in [0.25, 0.3) is 0 Å². The topological polar surface area (TPSA) is 124 Å². The number of aliphatic hydroxyl groups is 2. The molecule has 2 saturated carbocycles. The molecule has 0 radical (unpaired) electrons. The highest BCUT2D eigenvalue weighted by Crippen LogP contribution is 2.62. The number of hydrogen-bond donors (Lipinski definition) is 4. The summed E-state index contributed by atoms with van der Waals surface area (Å²) in [4.78, 5) is 36.4. The van der Waals surface area contributed by atoms with Crippen molar-refractivity contribution in [3.05, 3.63) is 40.7 Å². The van der Waals surface area contributed by atoms with Crippen molar-refractivity contribution in [2.75, 3.05) is 11.9 Å². The molecular formula is C29H40N4O4S. The van der Waals surface area contributed by atoms with E-state index in [1.54, 1.807) is 12.4 Å². The van der Waals surface area contributed by atoms with E-state index in [-0.39, 0.29) is 48.0 Å². The molecule has 0 bridgehead atoms. The summed E-state index contributed by atoms with van der Waals surface area (Å²) in [6, 6.07) is 3.78. The first-order chi connectivity index (χ1) is 18.2. The number of anilines is 1. The molecule has 2 amide bonds. The van der Waals surface area contributed by atoms with Crippen LogP contribution in [0, 0.1) is 22.7 Å². The van der Waals surface area contributed by atoms with Gasteiger partial charge in [-0.2, -0.15) is 0 Å². The molecule has 206 valence electrons. The third-order valence-electron chi connectivity index (χ3n) is 9.70. The molecule has 38 heavy (non-hydrogen) atoms. The molecule has 5 atom stereocenters. The molecule has 2 aromatic heterocycles. The van der Waals surface area contributed by atoms with E-state index >= 15 is 0 Å². The predicted molar refractivity (Wildman–Crippen MR) is 146 cm³/mol. The van der Waals surface area contributed by atoms with Gasteiger partial charge in [0.2, 0.25) is 11.8 Å². The van der Waals surface area contributed by atoms with Crippen LogP contribution in [0.5, 0.6) is 0 Å². The zero-order valence-corrected chi connectivity index (χ0v) is 23.2. The largest absolute Gasteiger partial charge is 0.396 e. The Bertz CT molecular complexity index is 1150. The van der Waals surface area contributed by atoms with Crippen molar-refractivity contribution in [2.45, 2.75) is 90.2 Å². The van der Waals surface area contributed by atoms with Gasteiger partial charge in [-0.25, -0.2) is 4.98 Å². The average Bonchev–Trinajstić information content (AvgIpc) is 3.34. The van der Waals surface area contributed by atoms with Gasteiger partial charge >= 0.3 is 0 Å². The Morgan fingerprint density at radius 1 is 1.18 bits per heavy atom. The lowest BCUT2D eigenvalue weighted by atomic mass is 9.47. The molecule has 3 aliphatic carbocycles. The van der Waals surface area contributed by atoms with Crippen LogP contribution in [0.4, 0.5) is 5.13 Å². The Morgan fingerprint density at radius 2 is 1.97 bits per heavy atom. The van der Waals surface area contributed by atoms with Crippen molar-refractivity contribution in [1.29, 1.82) is 0 Å². The fourth-order valence-corrected chi connectivity index (χ4v) is 8.30. The van der Waals surface area contributed by atoms with Gasteiger partial charge < -0.3 is 20.8 Å². The first kappa shape index (κ1) is 27.2. The molecule has 0 saturated heterocycles. The smallest absolute Gasteiger partial charge is 0.229 e. The van der Waals surface area contributed by atoms with Crippen LogP contribution in [0.3, 0.4) is 0 Å². The molecule has 2 fully saturated rings. The summed E-state index contributed by atoms with van der Waals surface area (Å²) < 4.78 is 0. The summed E-state index contributed by atoms with van der Waals surface area (Å²) in [5, 5.41) is 28.1. The minimum atomic E-state index is -0.676. The second-order valence-corrected chi connectivity index (χ2v) is 13.1. The molecule has 5 unspecified atom stereocenters. The summed E-state index contributed by atoms with van der Waals surface area (Å²) in [5.74, 6) is -0.188. The highest BCUT2D eigenvalue weighted by Gasteiger charge is 2.59. The number of rotatable bonds is 7. The van der Waals surface area contributed by atoms with E-state index in [9.17, 15) is 19.8 Å². The van der Waals surface area contributed by atoms with Crippen LogP contribution in [0.2, 0.25) is 0 Å². The number of amides is 2. The van der Waals surface area contributed by atoms with Crippen LogP contribution >= 0.6 is 11.3 Å². The van der Waals surface area contributed by atoms with Crippen molar-refractivity contribution >= 4 is 28.3 Å².